The molecule has 0 unspecified atom stereocenters. The maximum absolute atomic E-state index is 11.9. The lowest BCUT2D eigenvalue weighted by Gasteiger charge is -2.09. The lowest BCUT2D eigenvalue weighted by Crippen LogP contribution is -2.20. The van der Waals surface area contributed by atoms with Gasteiger partial charge in [-0.1, -0.05) is 12.1 Å². The van der Waals surface area contributed by atoms with E-state index < -0.39 is 0 Å². The van der Waals surface area contributed by atoms with Crippen LogP contribution in [0.4, 0.5) is 5.69 Å². The first-order valence-corrected chi connectivity index (χ1v) is 9.32. The molecule has 0 aliphatic carbocycles. The number of amides is 2. The summed E-state index contributed by atoms with van der Waals surface area (Å²) in [4.78, 5) is 23.8. The second kappa shape index (κ2) is 10.5. The quantitative estimate of drug-likeness (QED) is 0.477. The molecule has 8 heteroatoms. The molecule has 2 aromatic carbocycles. The molecule has 148 valence electrons. The van der Waals surface area contributed by atoms with Gasteiger partial charge in [0, 0.05) is 30.2 Å². The molecule has 0 spiro atoms. The first-order valence-electron chi connectivity index (χ1n) is 8.53. The molecule has 28 heavy (non-hydrogen) atoms. The zero-order chi connectivity index (χ0) is 20.5. The molecule has 0 atom stereocenters. The Hall–Kier alpha value is -2.87. The second-order valence-corrected chi connectivity index (χ2v) is 6.79. The lowest BCUT2D eigenvalue weighted by atomic mass is 10.2. The van der Waals surface area contributed by atoms with Crippen LogP contribution >= 0.6 is 15.9 Å². The molecule has 0 aliphatic heterocycles. The number of nitrogens with zero attached hydrogens (tertiary/aromatic N) is 1. The molecule has 2 aromatic rings. The molecule has 0 radical (unpaired) electrons. The Labute approximate surface area is 172 Å². The first-order chi connectivity index (χ1) is 13.4. The van der Waals surface area contributed by atoms with Gasteiger partial charge in [0.2, 0.25) is 11.8 Å². The van der Waals surface area contributed by atoms with Gasteiger partial charge in [0.1, 0.15) is 11.5 Å². The van der Waals surface area contributed by atoms with Crippen molar-refractivity contribution in [3.05, 3.63) is 52.0 Å². The monoisotopic (exact) mass is 447 g/mol. The third-order valence-electron chi connectivity index (χ3n) is 3.78. The Morgan fingerprint density at radius 2 is 1.79 bits per heavy atom. The van der Waals surface area contributed by atoms with Crippen molar-refractivity contribution in [3.63, 3.8) is 0 Å². The van der Waals surface area contributed by atoms with Gasteiger partial charge < -0.3 is 14.8 Å². The first kappa shape index (κ1) is 21.4. The molecule has 0 aliphatic rings. The maximum Gasteiger partial charge on any atom is 0.240 e. The number of carbonyl (C=O) groups is 2. The third kappa shape index (κ3) is 6.38. The highest BCUT2D eigenvalue weighted by molar-refractivity contribution is 9.10. The molecule has 2 rings (SSSR count). The van der Waals surface area contributed by atoms with Gasteiger partial charge in [-0.3, -0.25) is 9.59 Å². The predicted octanol–water partition coefficient (Wildman–Crippen LogP) is 3.64. The summed E-state index contributed by atoms with van der Waals surface area (Å²) in [6.45, 7) is 1.94. The van der Waals surface area contributed by atoms with Crippen molar-refractivity contribution in [1.29, 1.82) is 0 Å². The maximum atomic E-state index is 11.9. The number of benzene rings is 2. The zero-order valence-electron chi connectivity index (χ0n) is 15.9. The Bertz CT molecular complexity index is 884. The van der Waals surface area contributed by atoms with Gasteiger partial charge in [-0.05, 0) is 46.6 Å². The highest BCUT2D eigenvalue weighted by atomic mass is 79.9. The number of nitrogens with one attached hydrogen (secondary N) is 2. The minimum Gasteiger partial charge on any atom is -0.496 e. The molecule has 7 nitrogen and oxygen atoms in total. The van der Waals surface area contributed by atoms with E-state index in [1.54, 1.807) is 25.3 Å². The number of rotatable bonds is 8. The summed E-state index contributed by atoms with van der Waals surface area (Å²) >= 11 is 3.39. The van der Waals surface area contributed by atoms with Gasteiger partial charge in [-0.15, -0.1) is 0 Å². The van der Waals surface area contributed by atoms with E-state index in [0.29, 0.717) is 22.7 Å². The number of ether oxygens (including phenoxy) is 2. The average Bonchev–Trinajstić information content (AvgIpc) is 2.66. The molecule has 0 heterocycles. The SMILES string of the molecule is COc1cc(OC)c(/C=N\NC(=O)CCC(=O)Nc2cccc(C)c2)cc1Br. The average molecular weight is 448 g/mol. The Kier molecular flexibility index (Phi) is 8.01. The van der Waals surface area contributed by atoms with Crippen molar-refractivity contribution in [2.24, 2.45) is 5.10 Å². The van der Waals surface area contributed by atoms with Gasteiger partial charge in [-0.2, -0.15) is 5.10 Å². The van der Waals surface area contributed by atoms with Crippen LogP contribution in [0.5, 0.6) is 11.5 Å². The molecule has 0 fully saturated rings. The molecule has 0 bridgehead atoms. The number of methoxy groups -OCH3 is 2. The fourth-order valence-corrected chi connectivity index (χ4v) is 2.91. The molecular weight excluding hydrogens is 426 g/mol. The number of anilines is 1. The van der Waals surface area contributed by atoms with Crippen LogP contribution in [0.1, 0.15) is 24.0 Å². The van der Waals surface area contributed by atoms with Gasteiger partial charge in [0.15, 0.2) is 0 Å². The second-order valence-electron chi connectivity index (χ2n) is 5.94. The fourth-order valence-electron chi connectivity index (χ4n) is 2.39. The van der Waals surface area contributed by atoms with Crippen LogP contribution < -0.4 is 20.2 Å². The highest BCUT2D eigenvalue weighted by Crippen LogP contribution is 2.31. The summed E-state index contributed by atoms with van der Waals surface area (Å²) < 4.78 is 11.2. The van der Waals surface area contributed by atoms with E-state index in [0.717, 1.165) is 10.0 Å². The lowest BCUT2D eigenvalue weighted by molar-refractivity contribution is -0.124. The van der Waals surface area contributed by atoms with E-state index >= 15 is 0 Å². The van der Waals surface area contributed by atoms with Gasteiger partial charge in [0.25, 0.3) is 0 Å². The highest BCUT2D eigenvalue weighted by Gasteiger charge is 2.09. The largest absolute Gasteiger partial charge is 0.496 e. The number of halogens is 1. The third-order valence-corrected chi connectivity index (χ3v) is 4.40. The normalized spacial score (nSPS) is 10.6. The van der Waals surface area contributed by atoms with Crippen molar-refractivity contribution in [2.75, 3.05) is 19.5 Å². The number of hydrogen-bond acceptors (Lipinski definition) is 5. The van der Waals surface area contributed by atoms with E-state index in [-0.39, 0.29) is 24.7 Å². The van der Waals surface area contributed by atoms with Crippen LogP contribution in [0.25, 0.3) is 0 Å². The number of hydrogen-bond donors (Lipinski definition) is 2. The van der Waals surface area contributed by atoms with E-state index in [2.05, 4.69) is 31.8 Å². The smallest absolute Gasteiger partial charge is 0.240 e. The van der Waals surface area contributed by atoms with E-state index in [1.165, 1.54) is 13.3 Å². The van der Waals surface area contributed by atoms with Crippen molar-refractivity contribution in [3.8, 4) is 11.5 Å². The van der Waals surface area contributed by atoms with Crippen molar-refractivity contribution < 1.29 is 19.1 Å². The number of aryl methyl sites for hydroxylation is 1. The standard InChI is InChI=1S/C20H22BrN3O4/c1-13-5-4-6-15(9-13)23-19(25)7-8-20(26)24-22-12-14-10-16(21)18(28-3)11-17(14)27-2/h4-6,9-12H,7-8H2,1-3H3,(H,23,25)(H,24,26)/b22-12-. The van der Waals surface area contributed by atoms with Gasteiger partial charge in [-0.25, -0.2) is 5.43 Å². The topological polar surface area (TPSA) is 89.0 Å². The minimum absolute atomic E-state index is 0.0262. The van der Waals surface area contributed by atoms with Crippen molar-refractivity contribution >= 4 is 39.6 Å². The summed E-state index contributed by atoms with van der Waals surface area (Å²) in [7, 11) is 3.09. The van der Waals surface area contributed by atoms with Crippen LogP contribution in [0.15, 0.2) is 46.0 Å². The zero-order valence-corrected chi connectivity index (χ0v) is 17.5. The number of carbonyl (C=O) groups excluding carboxylic acids is 2. The summed E-state index contributed by atoms with van der Waals surface area (Å²) in [5, 5.41) is 6.68. The molecule has 0 saturated heterocycles. The summed E-state index contributed by atoms with van der Waals surface area (Å²) in [6, 6.07) is 10.9. The number of hydrazone groups is 1. The summed E-state index contributed by atoms with van der Waals surface area (Å²) in [5.74, 6) is 0.584. The molecule has 0 aromatic heterocycles. The Balaban J connectivity index is 1.85. The van der Waals surface area contributed by atoms with Gasteiger partial charge >= 0.3 is 0 Å². The molecule has 0 saturated carbocycles. The molecule has 2 amide bonds. The van der Waals surface area contributed by atoms with E-state index in [9.17, 15) is 9.59 Å². The molecular formula is C20H22BrN3O4. The fraction of sp³-hybridized carbons (Fsp3) is 0.250. The van der Waals surface area contributed by atoms with E-state index in [1.807, 2.05) is 25.1 Å². The molecule has 2 N–H and O–H groups in total. The summed E-state index contributed by atoms with van der Waals surface area (Å²) in [6.07, 6.45) is 1.55. The minimum atomic E-state index is -0.359. The van der Waals surface area contributed by atoms with Crippen LogP contribution in [0, 0.1) is 6.92 Å². The van der Waals surface area contributed by atoms with Crippen molar-refractivity contribution in [2.45, 2.75) is 19.8 Å². The van der Waals surface area contributed by atoms with Gasteiger partial charge in [0.05, 0.1) is 24.9 Å². The van der Waals surface area contributed by atoms with Crippen LogP contribution in [-0.2, 0) is 9.59 Å². The summed E-state index contributed by atoms with van der Waals surface area (Å²) in [5.41, 5.74) is 4.82. The van der Waals surface area contributed by atoms with Crippen LogP contribution in [-0.4, -0.2) is 32.2 Å². The van der Waals surface area contributed by atoms with Crippen molar-refractivity contribution in [1.82, 2.24) is 5.43 Å². The Morgan fingerprint density at radius 3 is 2.46 bits per heavy atom. The van der Waals surface area contributed by atoms with E-state index in [4.69, 9.17) is 9.47 Å². The Morgan fingerprint density at radius 1 is 1.07 bits per heavy atom. The predicted molar refractivity (Wildman–Crippen MR) is 112 cm³/mol. The van der Waals surface area contributed by atoms with Crippen LogP contribution in [0.2, 0.25) is 0 Å². The van der Waals surface area contributed by atoms with Crippen LogP contribution in [0.3, 0.4) is 0 Å².